The standard InChI is InChI=1S/C16H18N4O4/c17-11-16(7-3-1-2-4-8-16)18-13(21)10-20-15(22)24-14(19-20)12-6-5-9-23-12/h5-6,9H,1-4,7-8,10H2,(H,18,21). The van der Waals surface area contributed by atoms with E-state index in [9.17, 15) is 14.9 Å². The van der Waals surface area contributed by atoms with E-state index in [0.717, 1.165) is 30.4 Å². The van der Waals surface area contributed by atoms with Gasteiger partial charge in [-0.1, -0.05) is 25.7 Å². The first-order valence-electron chi connectivity index (χ1n) is 7.96. The Balaban J connectivity index is 1.71. The third kappa shape index (κ3) is 3.40. The summed E-state index contributed by atoms with van der Waals surface area (Å²) < 4.78 is 11.0. The Morgan fingerprint density at radius 1 is 1.38 bits per heavy atom. The fourth-order valence-electron chi connectivity index (χ4n) is 2.95. The van der Waals surface area contributed by atoms with E-state index >= 15 is 0 Å². The second-order valence-electron chi connectivity index (χ2n) is 5.96. The molecule has 1 aliphatic rings. The molecule has 24 heavy (non-hydrogen) atoms. The Bertz CT molecular complexity index is 789. The van der Waals surface area contributed by atoms with Gasteiger partial charge in [0.05, 0.1) is 12.3 Å². The number of hydrogen-bond acceptors (Lipinski definition) is 6. The van der Waals surface area contributed by atoms with Gasteiger partial charge in [-0.2, -0.15) is 9.94 Å². The number of rotatable bonds is 4. The first-order chi connectivity index (χ1) is 11.6. The van der Waals surface area contributed by atoms with Gasteiger partial charge in [0.15, 0.2) is 5.76 Å². The summed E-state index contributed by atoms with van der Waals surface area (Å²) >= 11 is 0. The van der Waals surface area contributed by atoms with Crippen LogP contribution in [0.3, 0.4) is 0 Å². The van der Waals surface area contributed by atoms with Crippen LogP contribution in [0.25, 0.3) is 11.7 Å². The van der Waals surface area contributed by atoms with Crippen molar-refractivity contribution < 1.29 is 13.6 Å². The van der Waals surface area contributed by atoms with Crippen LogP contribution >= 0.6 is 0 Å². The van der Waals surface area contributed by atoms with Gasteiger partial charge in [0.25, 0.3) is 5.89 Å². The molecular formula is C16H18N4O4. The molecule has 8 heteroatoms. The molecule has 0 aromatic carbocycles. The van der Waals surface area contributed by atoms with Crippen molar-refractivity contribution in [3.8, 4) is 17.7 Å². The van der Waals surface area contributed by atoms with Gasteiger partial charge in [-0.05, 0) is 25.0 Å². The molecule has 2 heterocycles. The smallest absolute Gasteiger partial charge is 0.437 e. The minimum atomic E-state index is -0.856. The summed E-state index contributed by atoms with van der Waals surface area (Å²) in [6, 6.07) is 5.48. The molecule has 1 N–H and O–H groups in total. The summed E-state index contributed by atoms with van der Waals surface area (Å²) in [5.74, 6) is -0.853. The molecule has 126 valence electrons. The van der Waals surface area contributed by atoms with Gasteiger partial charge < -0.3 is 14.2 Å². The summed E-state index contributed by atoms with van der Waals surface area (Å²) in [5.41, 5.74) is -0.856. The number of nitriles is 1. The number of amides is 1. The Morgan fingerprint density at radius 2 is 2.12 bits per heavy atom. The van der Waals surface area contributed by atoms with Gasteiger partial charge in [-0.25, -0.2) is 4.79 Å². The highest BCUT2D eigenvalue weighted by molar-refractivity contribution is 5.77. The fraction of sp³-hybridized carbons (Fsp3) is 0.500. The van der Waals surface area contributed by atoms with Crippen molar-refractivity contribution in [3.63, 3.8) is 0 Å². The summed E-state index contributed by atoms with van der Waals surface area (Å²) in [5, 5.41) is 16.2. The van der Waals surface area contributed by atoms with Crippen LogP contribution in [0.5, 0.6) is 0 Å². The zero-order valence-electron chi connectivity index (χ0n) is 13.2. The van der Waals surface area contributed by atoms with Gasteiger partial charge in [0, 0.05) is 0 Å². The van der Waals surface area contributed by atoms with Crippen molar-refractivity contribution in [2.75, 3.05) is 0 Å². The summed E-state index contributed by atoms with van der Waals surface area (Å²) in [6.45, 7) is -0.299. The van der Waals surface area contributed by atoms with Crippen molar-refractivity contribution in [2.45, 2.75) is 50.6 Å². The van der Waals surface area contributed by atoms with Crippen molar-refractivity contribution >= 4 is 5.91 Å². The Labute approximate surface area is 138 Å². The lowest BCUT2D eigenvalue weighted by Gasteiger charge is -2.26. The zero-order chi connectivity index (χ0) is 17.0. The number of aromatic nitrogens is 2. The van der Waals surface area contributed by atoms with Crippen molar-refractivity contribution in [1.29, 1.82) is 5.26 Å². The van der Waals surface area contributed by atoms with Crippen LogP contribution in [-0.2, 0) is 11.3 Å². The lowest BCUT2D eigenvalue weighted by atomic mass is 9.92. The number of carbonyl (C=O) groups excluding carboxylic acids is 1. The number of carbonyl (C=O) groups is 1. The van der Waals surface area contributed by atoms with Gasteiger partial charge >= 0.3 is 5.76 Å². The van der Waals surface area contributed by atoms with E-state index in [1.54, 1.807) is 12.1 Å². The van der Waals surface area contributed by atoms with Crippen molar-refractivity contribution in [1.82, 2.24) is 15.1 Å². The molecule has 2 aromatic heterocycles. The maximum Gasteiger partial charge on any atom is 0.437 e. The topological polar surface area (TPSA) is 114 Å². The number of hydrogen-bond donors (Lipinski definition) is 1. The van der Waals surface area contributed by atoms with Crippen LogP contribution in [0.15, 0.2) is 32.0 Å². The quantitative estimate of drug-likeness (QED) is 0.855. The third-order valence-electron chi connectivity index (χ3n) is 4.18. The van der Waals surface area contributed by atoms with Gasteiger partial charge in [0.1, 0.15) is 12.1 Å². The highest BCUT2D eigenvalue weighted by Gasteiger charge is 2.32. The highest BCUT2D eigenvalue weighted by atomic mass is 16.4. The second kappa shape index (κ2) is 6.74. The molecule has 0 unspecified atom stereocenters. The van der Waals surface area contributed by atoms with E-state index in [-0.39, 0.29) is 12.4 Å². The molecule has 2 aromatic rings. The number of nitrogens with one attached hydrogen (secondary N) is 1. The van der Waals surface area contributed by atoms with Crippen molar-refractivity contribution in [3.05, 3.63) is 28.9 Å². The molecule has 1 fully saturated rings. The predicted octanol–water partition coefficient (Wildman–Crippen LogP) is 1.83. The average Bonchev–Trinajstić information content (AvgIpc) is 3.15. The lowest BCUT2D eigenvalue weighted by Crippen LogP contribution is -2.48. The summed E-state index contributed by atoms with van der Waals surface area (Å²) in [7, 11) is 0. The second-order valence-corrected chi connectivity index (χ2v) is 5.96. The van der Waals surface area contributed by atoms with E-state index in [1.165, 1.54) is 6.26 Å². The molecule has 0 atom stereocenters. The van der Waals surface area contributed by atoms with E-state index in [4.69, 9.17) is 8.83 Å². The molecular weight excluding hydrogens is 312 g/mol. The van der Waals surface area contributed by atoms with Crippen molar-refractivity contribution in [2.24, 2.45) is 0 Å². The summed E-state index contributed by atoms with van der Waals surface area (Å²) in [4.78, 5) is 24.1. The largest absolute Gasteiger partial charge is 0.459 e. The van der Waals surface area contributed by atoms with E-state index in [1.807, 2.05) is 0 Å². The average molecular weight is 330 g/mol. The number of furan rings is 1. The third-order valence-corrected chi connectivity index (χ3v) is 4.18. The first-order valence-corrected chi connectivity index (χ1v) is 7.96. The van der Waals surface area contributed by atoms with Crippen LogP contribution in [0.1, 0.15) is 38.5 Å². The van der Waals surface area contributed by atoms with Crippen LogP contribution in [0.2, 0.25) is 0 Å². The molecule has 1 amide bonds. The molecule has 0 bridgehead atoms. The lowest BCUT2D eigenvalue weighted by molar-refractivity contribution is -0.123. The normalized spacial score (nSPS) is 17.0. The SMILES string of the molecule is N#CC1(NC(=O)Cn2nc(-c3ccco3)oc2=O)CCCCCC1. The van der Waals surface area contributed by atoms with Crippen LogP contribution in [0.4, 0.5) is 0 Å². The Hall–Kier alpha value is -2.82. The van der Waals surface area contributed by atoms with Gasteiger partial charge in [0.2, 0.25) is 5.91 Å². The van der Waals surface area contributed by atoms with Gasteiger partial charge in [-0.3, -0.25) is 4.79 Å². The highest BCUT2D eigenvalue weighted by Crippen LogP contribution is 2.26. The van der Waals surface area contributed by atoms with E-state index in [2.05, 4.69) is 16.5 Å². The molecule has 3 rings (SSSR count). The Morgan fingerprint density at radius 3 is 2.75 bits per heavy atom. The minimum absolute atomic E-state index is 0.0160. The molecule has 0 saturated heterocycles. The van der Waals surface area contributed by atoms with Crippen LogP contribution in [-0.4, -0.2) is 21.2 Å². The minimum Gasteiger partial charge on any atom is -0.459 e. The van der Waals surface area contributed by atoms with Crippen LogP contribution in [0, 0.1) is 11.3 Å². The molecule has 8 nitrogen and oxygen atoms in total. The molecule has 0 radical (unpaired) electrons. The molecule has 0 spiro atoms. The molecule has 1 aliphatic carbocycles. The maximum absolute atomic E-state index is 12.3. The monoisotopic (exact) mass is 330 g/mol. The predicted molar refractivity (Wildman–Crippen MR) is 82.7 cm³/mol. The molecule has 0 aliphatic heterocycles. The first kappa shape index (κ1) is 16.1. The van der Waals surface area contributed by atoms with E-state index < -0.39 is 17.2 Å². The van der Waals surface area contributed by atoms with Gasteiger partial charge in [-0.15, -0.1) is 5.10 Å². The molecule has 1 saturated carbocycles. The fourth-order valence-corrected chi connectivity index (χ4v) is 2.95. The van der Waals surface area contributed by atoms with E-state index in [0.29, 0.717) is 18.6 Å². The maximum atomic E-state index is 12.3. The summed E-state index contributed by atoms with van der Waals surface area (Å²) in [6.07, 6.45) is 6.62. The van der Waals surface area contributed by atoms with Crippen LogP contribution < -0.4 is 11.1 Å². The number of nitrogens with zero attached hydrogens (tertiary/aromatic N) is 3. The Kier molecular flexibility index (Phi) is 4.51. The zero-order valence-corrected chi connectivity index (χ0v) is 13.2.